The van der Waals surface area contributed by atoms with Crippen LogP contribution < -0.4 is 0 Å². The maximum absolute atomic E-state index is 12.0. The van der Waals surface area contributed by atoms with Crippen LogP contribution in [0.25, 0.3) is 10.8 Å². The summed E-state index contributed by atoms with van der Waals surface area (Å²) in [6.07, 6.45) is 0. The molecule has 110 valence electrons. The Bertz CT molecular complexity index is 671. The molecule has 2 rings (SSSR count). The number of carbonyl (C=O) groups is 2. The molecule has 0 aliphatic heterocycles. The van der Waals surface area contributed by atoms with Crippen LogP contribution in [-0.4, -0.2) is 40.7 Å². The molecule has 0 heterocycles. The SMILES string of the molecule is CC(C(=O)O)N(C)C(=O)CSc1ccc2ccccc2c1. The molecule has 21 heavy (non-hydrogen) atoms. The number of likely N-dealkylation sites (N-methyl/N-ethyl adjacent to an activating group) is 1. The van der Waals surface area contributed by atoms with Gasteiger partial charge in [-0.3, -0.25) is 4.79 Å². The number of carboxylic acids is 1. The van der Waals surface area contributed by atoms with Crippen molar-refractivity contribution in [2.45, 2.75) is 17.9 Å². The quantitative estimate of drug-likeness (QED) is 0.863. The van der Waals surface area contributed by atoms with Crippen molar-refractivity contribution < 1.29 is 14.7 Å². The standard InChI is InChI=1S/C16H17NO3S/c1-11(16(19)20)17(2)15(18)10-21-14-8-7-12-5-3-4-6-13(12)9-14/h3-9,11H,10H2,1-2H3,(H,19,20). The number of amides is 1. The van der Waals surface area contributed by atoms with Crippen molar-refractivity contribution >= 4 is 34.4 Å². The van der Waals surface area contributed by atoms with Gasteiger partial charge >= 0.3 is 5.97 Å². The molecule has 0 saturated carbocycles. The minimum Gasteiger partial charge on any atom is -0.480 e. The van der Waals surface area contributed by atoms with Crippen molar-refractivity contribution in [1.29, 1.82) is 0 Å². The second kappa shape index (κ2) is 6.63. The molecule has 1 unspecified atom stereocenters. The Morgan fingerprint density at radius 2 is 1.86 bits per heavy atom. The number of hydrogen-bond acceptors (Lipinski definition) is 3. The first-order valence-electron chi connectivity index (χ1n) is 6.59. The van der Waals surface area contributed by atoms with Gasteiger partial charge < -0.3 is 10.0 Å². The van der Waals surface area contributed by atoms with E-state index in [0.29, 0.717) is 0 Å². The van der Waals surface area contributed by atoms with Crippen LogP contribution in [0.15, 0.2) is 47.4 Å². The maximum atomic E-state index is 12.0. The van der Waals surface area contributed by atoms with Gasteiger partial charge in [-0.15, -0.1) is 11.8 Å². The zero-order chi connectivity index (χ0) is 15.4. The van der Waals surface area contributed by atoms with Crippen molar-refractivity contribution in [3.8, 4) is 0 Å². The van der Waals surface area contributed by atoms with Crippen molar-refractivity contribution in [2.24, 2.45) is 0 Å². The largest absolute Gasteiger partial charge is 0.480 e. The first-order chi connectivity index (χ1) is 9.99. The van der Waals surface area contributed by atoms with E-state index in [2.05, 4.69) is 0 Å². The normalized spacial score (nSPS) is 12.1. The number of thioether (sulfide) groups is 1. The van der Waals surface area contributed by atoms with Crippen LogP contribution in [0.4, 0.5) is 0 Å². The molecule has 5 heteroatoms. The van der Waals surface area contributed by atoms with Gasteiger partial charge in [0.25, 0.3) is 0 Å². The predicted molar refractivity (Wildman–Crippen MR) is 84.5 cm³/mol. The first kappa shape index (κ1) is 15.4. The third kappa shape index (κ3) is 3.76. The number of carboxylic acid groups (broad SMARTS) is 1. The lowest BCUT2D eigenvalue weighted by Crippen LogP contribution is -2.41. The average molecular weight is 303 g/mol. The first-order valence-corrected chi connectivity index (χ1v) is 7.57. The van der Waals surface area contributed by atoms with Gasteiger partial charge in [0, 0.05) is 11.9 Å². The molecule has 0 aromatic heterocycles. The third-order valence-corrected chi connectivity index (χ3v) is 4.39. The van der Waals surface area contributed by atoms with Crippen molar-refractivity contribution in [3.63, 3.8) is 0 Å². The van der Waals surface area contributed by atoms with Gasteiger partial charge in [0.1, 0.15) is 6.04 Å². The van der Waals surface area contributed by atoms with Crippen LogP contribution in [0, 0.1) is 0 Å². The van der Waals surface area contributed by atoms with E-state index < -0.39 is 12.0 Å². The summed E-state index contributed by atoms with van der Waals surface area (Å²) >= 11 is 1.42. The smallest absolute Gasteiger partial charge is 0.326 e. The Balaban J connectivity index is 2.01. The van der Waals surface area contributed by atoms with Gasteiger partial charge in [0.15, 0.2) is 0 Å². The Hall–Kier alpha value is -2.01. The average Bonchev–Trinajstić information content (AvgIpc) is 2.50. The fraction of sp³-hybridized carbons (Fsp3) is 0.250. The lowest BCUT2D eigenvalue weighted by Gasteiger charge is -2.21. The minimum atomic E-state index is -0.999. The third-order valence-electron chi connectivity index (χ3n) is 3.41. The van der Waals surface area contributed by atoms with Gasteiger partial charge in [-0.2, -0.15) is 0 Å². The summed E-state index contributed by atoms with van der Waals surface area (Å²) in [6, 6.07) is 13.2. The number of rotatable bonds is 5. The molecule has 0 fully saturated rings. The molecule has 4 nitrogen and oxygen atoms in total. The molecule has 0 radical (unpaired) electrons. The summed E-state index contributed by atoms with van der Waals surface area (Å²) in [4.78, 5) is 25.1. The molecule has 1 amide bonds. The molecule has 1 N–H and O–H groups in total. The fourth-order valence-electron chi connectivity index (χ4n) is 1.89. The summed E-state index contributed by atoms with van der Waals surface area (Å²) in [5.41, 5.74) is 0. The highest BCUT2D eigenvalue weighted by Gasteiger charge is 2.21. The van der Waals surface area contributed by atoms with E-state index in [1.807, 2.05) is 42.5 Å². The van der Waals surface area contributed by atoms with E-state index in [1.165, 1.54) is 30.6 Å². The molecule has 0 spiro atoms. The molecular weight excluding hydrogens is 286 g/mol. The molecule has 0 bridgehead atoms. The number of hydrogen-bond donors (Lipinski definition) is 1. The number of benzene rings is 2. The summed E-state index contributed by atoms with van der Waals surface area (Å²) in [7, 11) is 1.52. The highest BCUT2D eigenvalue weighted by Crippen LogP contribution is 2.23. The summed E-state index contributed by atoms with van der Waals surface area (Å²) in [5.74, 6) is -0.962. The van der Waals surface area contributed by atoms with Gasteiger partial charge in [-0.1, -0.05) is 30.3 Å². The lowest BCUT2D eigenvalue weighted by molar-refractivity contribution is -0.147. The Morgan fingerprint density at radius 1 is 1.19 bits per heavy atom. The van der Waals surface area contributed by atoms with Crippen LogP contribution in [0.5, 0.6) is 0 Å². The zero-order valence-corrected chi connectivity index (χ0v) is 12.8. The van der Waals surface area contributed by atoms with E-state index in [-0.39, 0.29) is 11.7 Å². The van der Waals surface area contributed by atoms with Gasteiger partial charge in [0.05, 0.1) is 5.75 Å². The number of fused-ring (bicyclic) bond motifs is 1. The number of carbonyl (C=O) groups excluding carboxylic acids is 1. The molecule has 0 saturated heterocycles. The number of nitrogens with zero attached hydrogens (tertiary/aromatic N) is 1. The Morgan fingerprint density at radius 3 is 2.52 bits per heavy atom. The predicted octanol–water partition coefficient (Wildman–Crippen LogP) is 2.86. The maximum Gasteiger partial charge on any atom is 0.326 e. The molecule has 2 aromatic rings. The van der Waals surface area contributed by atoms with E-state index in [1.54, 1.807) is 0 Å². The van der Waals surface area contributed by atoms with Crippen molar-refractivity contribution in [2.75, 3.05) is 12.8 Å². The van der Waals surface area contributed by atoms with Crippen molar-refractivity contribution in [1.82, 2.24) is 4.90 Å². The fourth-order valence-corrected chi connectivity index (χ4v) is 2.75. The summed E-state index contributed by atoms with van der Waals surface area (Å²) < 4.78 is 0. The lowest BCUT2D eigenvalue weighted by atomic mass is 10.1. The van der Waals surface area contributed by atoms with E-state index in [9.17, 15) is 9.59 Å². The topological polar surface area (TPSA) is 57.6 Å². The van der Waals surface area contributed by atoms with E-state index >= 15 is 0 Å². The van der Waals surface area contributed by atoms with Crippen LogP contribution in [-0.2, 0) is 9.59 Å². The highest BCUT2D eigenvalue weighted by atomic mass is 32.2. The summed E-state index contributed by atoms with van der Waals surface area (Å²) in [6.45, 7) is 1.50. The van der Waals surface area contributed by atoms with Crippen LogP contribution in [0.3, 0.4) is 0 Å². The minimum absolute atomic E-state index is 0.192. The van der Waals surface area contributed by atoms with E-state index in [4.69, 9.17) is 5.11 Å². The molecule has 0 aliphatic carbocycles. The second-order valence-electron chi connectivity index (χ2n) is 4.82. The monoisotopic (exact) mass is 303 g/mol. The molecular formula is C16H17NO3S. The van der Waals surface area contributed by atoms with Crippen LogP contribution in [0.1, 0.15) is 6.92 Å². The number of aliphatic carboxylic acids is 1. The van der Waals surface area contributed by atoms with Crippen molar-refractivity contribution in [3.05, 3.63) is 42.5 Å². The van der Waals surface area contributed by atoms with Gasteiger partial charge in [-0.25, -0.2) is 4.79 Å². The van der Waals surface area contributed by atoms with E-state index in [0.717, 1.165) is 15.7 Å². The molecule has 1 atom stereocenters. The Labute approximate surface area is 127 Å². The molecule has 0 aliphatic rings. The van der Waals surface area contributed by atoms with Crippen LogP contribution in [0.2, 0.25) is 0 Å². The Kier molecular flexibility index (Phi) is 4.85. The van der Waals surface area contributed by atoms with Gasteiger partial charge in [-0.05, 0) is 29.8 Å². The molecule has 2 aromatic carbocycles. The zero-order valence-electron chi connectivity index (χ0n) is 11.9. The second-order valence-corrected chi connectivity index (χ2v) is 5.87. The highest BCUT2D eigenvalue weighted by molar-refractivity contribution is 8.00. The summed E-state index contributed by atoms with van der Waals surface area (Å²) in [5, 5.41) is 11.2. The van der Waals surface area contributed by atoms with Gasteiger partial charge in [0.2, 0.25) is 5.91 Å². The van der Waals surface area contributed by atoms with Crippen LogP contribution >= 0.6 is 11.8 Å².